The molecule has 0 heterocycles. The van der Waals surface area contributed by atoms with Crippen molar-refractivity contribution in [2.24, 2.45) is 0 Å². The molecule has 0 saturated heterocycles. The molecule has 0 fully saturated rings. The second-order valence-corrected chi connectivity index (χ2v) is 19.5. The van der Waals surface area contributed by atoms with E-state index in [4.69, 9.17) is 0 Å². The van der Waals surface area contributed by atoms with Gasteiger partial charge in [0.05, 0.1) is 0 Å². The Bertz CT molecular complexity index is 1400. The van der Waals surface area contributed by atoms with Crippen LogP contribution in [0.2, 0.25) is 13.1 Å². The van der Waals surface area contributed by atoms with Crippen molar-refractivity contribution in [2.75, 3.05) is 0 Å². The van der Waals surface area contributed by atoms with Crippen molar-refractivity contribution >= 4 is 27.0 Å². The van der Waals surface area contributed by atoms with Gasteiger partial charge in [-0.2, -0.15) is 12.1 Å². The Morgan fingerprint density at radius 1 is 0.676 bits per heavy atom. The summed E-state index contributed by atoms with van der Waals surface area (Å²) in [5.41, 5.74) is 9.76. The molecule has 0 unspecified atom stereocenters. The molecule has 5 aromatic rings. The van der Waals surface area contributed by atoms with Crippen LogP contribution in [-0.2, 0) is 23.3 Å². The van der Waals surface area contributed by atoms with Crippen molar-refractivity contribution in [3.05, 3.63) is 107 Å². The Morgan fingerprint density at radius 2 is 1.19 bits per heavy atom. The number of benzene rings is 3. The van der Waals surface area contributed by atoms with Crippen LogP contribution in [0.25, 0.3) is 32.7 Å². The van der Waals surface area contributed by atoms with Crippen LogP contribution < -0.4 is 24.8 Å². The van der Waals surface area contributed by atoms with Crippen molar-refractivity contribution in [1.29, 1.82) is 0 Å². The van der Waals surface area contributed by atoms with E-state index < -0.39 is 0 Å². The Labute approximate surface area is 251 Å². The van der Waals surface area contributed by atoms with E-state index in [1.165, 1.54) is 60.5 Å². The van der Waals surface area contributed by atoms with Crippen LogP contribution in [0.1, 0.15) is 47.6 Å². The van der Waals surface area contributed by atoms with Crippen molar-refractivity contribution in [3.63, 3.8) is 0 Å². The second-order valence-electron chi connectivity index (χ2n) is 10.1. The van der Waals surface area contributed by atoms with Gasteiger partial charge in [-0.15, -0.1) is 68.1 Å². The van der Waals surface area contributed by atoms with Gasteiger partial charge < -0.3 is 24.8 Å². The maximum absolute atomic E-state index is 2.34. The van der Waals surface area contributed by atoms with Crippen LogP contribution in [0.3, 0.4) is 0 Å². The minimum absolute atomic E-state index is 0. The summed E-state index contributed by atoms with van der Waals surface area (Å²) >= 11 is 1.74. The molecule has 37 heavy (non-hydrogen) atoms. The molecule has 0 aliphatic rings. The van der Waals surface area contributed by atoms with Gasteiger partial charge in [0.15, 0.2) is 0 Å². The van der Waals surface area contributed by atoms with Crippen molar-refractivity contribution in [1.82, 2.24) is 0 Å². The molecule has 0 bridgehead atoms. The fourth-order valence-corrected chi connectivity index (χ4v) is 4.40. The first-order valence-electron chi connectivity index (χ1n) is 12.5. The molecule has 0 aliphatic carbocycles. The van der Waals surface area contributed by atoms with Crippen LogP contribution in [0, 0.1) is 27.7 Å². The second kappa shape index (κ2) is 15.2. The maximum atomic E-state index is 2.34. The minimum atomic E-state index is 0. The molecule has 0 radical (unpaired) electrons. The van der Waals surface area contributed by atoms with Crippen LogP contribution in [0.15, 0.2) is 78.9 Å². The molecule has 0 N–H and O–H groups in total. The van der Waals surface area contributed by atoms with Crippen molar-refractivity contribution in [2.45, 2.75) is 60.6 Å². The number of aryl methyl sites for hydroxylation is 4. The number of hydrogen-bond donors (Lipinski definition) is 0. The molecular weight excluding hydrogens is 587 g/mol. The largest absolute Gasteiger partial charge is 1.00 e. The van der Waals surface area contributed by atoms with Gasteiger partial charge in [0.1, 0.15) is 0 Å². The SMILES string of the molecule is C[Si](C)=[Zr+2].Cc1cc2c(-c3ccccc3)ccc(C)c2[cH-]1.Cc1ccc(C)c2[cH-]c(C(C)C)cc12.[Cl-].[Cl-]. The van der Waals surface area contributed by atoms with Crippen LogP contribution in [-0.4, -0.2) is 5.43 Å². The van der Waals surface area contributed by atoms with Gasteiger partial charge in [0, 0.05) is 0 Å². The molecule has 194 valence electrons. The molecule has 4 heteroatoms. The first-order valence-corrected chi connectivity index (χ1v) is 18.7. The Morgan fingerprint density at radius 3 is 1.73 bits per heavy atom. The third-order valence-corrected chi connectivity index (χ3v) is 6.35. The molecule has 5 aromatic carbocycles. The van der Waals surface area contributed by atoms with E-state index in [0.717, 1.165) is 0 Å². The van der Waals surface area contributed by atoms with Crippen molar-refractivity contribution in [3.8, 4) is 11.1 Å². The normalized spacial score (nSPS) is 10.1. The smallest absolute Gasteiger partial charge is 0.0279 e. The van der Waals surface area contributed by atoms with Gasteiger partial charge >= 0.3 is 41.9 Å². The van der Waals surface area contributed by atoms with E-state index in [1.807, 2.05) is 0 Å². The zero-order valence-electron chi connectivity index (χ0n) is 23.3. The topological polar surface area (TPSA) is 0 Å². The molecule has 0 aliphatic heterocycles. The van der Waals surface area contributed by atoms with Crippen LogP contribution in [0.5, 0.6) is 0 Å². The number of halogens is 2. The molecule has 0 saturated carbocycles. The van der Waals surface area contributed by atoms with Crippen LogP contribution in [0.4, 0.5) is 0 Å². The minimum Gasteiger partial charge on any atom is -1.00 e. The van der Waals surface area contributed by atoms with Crippen molar-refractivity contribution < 1.29 is 48.1 Å². The molecule has 0 spiro atoms. The standard InChI is InChI=1S/C17H15.C14H17.C2H6Si.2ClH.Zr/c1-12-10-16-13(2)8-9-15(17(16)11-12)14-6-4-3-5-7-14;1-9(2)12-7-13-10(3)5-6-11(4)14(13)8-12;1-3-2;;;/h3-11H,1-2H3;5-9H,1-4H3;1-2H3;2*1H;/q2*-1;;;;+2/p-2. The zero-order valence-corrected chi connectivity index (χ0v) is 28.3. The van der Waals surface area contributed by atoms with Gasteiger partial charge in [-0.05, 0) is 18.4 Å². The average Bonchev–Trinajstić information content (AvgIpc) is 3.43. The van der Waals surface area contributed by atoms with E-state index in [2.05, 4.69) is 133 Å². The quantitative estimate of drug-likeness (QED) is 0.206. The summed E-state index contributed by atoms with van der Waals surface area (Å²) < 4.78 is 0. The molecule has 0 atom stereocenters. The monoisotopic (exact) mass is 622 g/mol. The summed E-state index contributed by atoms with van der Waals surface area (Å²) in [4.78, 5) is 0. The zero-order chi connectivity index (χ0) is 25.7. The number of hydrogen-bond acceptors (Lipinski definition) is 0. The van der Waals surface area contributed by atoms with E-state index in [0.29, 0.717) is 5.92 Å². The number of fused-ring (bicyclic) bond motifs is 2. The summed E-state index contributed by atoms with van der Waals surface area (Å²) in [5, 5.41) is 5.60. The molecule has 5 rings (SSSR count). The van der Waals surface area contributed by atoms with Gasteiger partial charge in [0.2, 0.25) is 0 Å². The maximum Gasteiger partial charge on any atom is -0.0279 e. The first-order chi connectivity index (χ1) is 16.6. The predicted molar refractivity (Wildman–Crippen MR) is 155 cm³/mol. The van der Waals surface area contributed by atoms with E-state index in [9.17, 15) is 0 Å². The first kappa shape index (κ1) is 33.6. The Kier molecular flexibility index (Phi) is 13.8. The summed E-state index contributed by atoms with van der Waals surface area (Å²) in [5.74, 6) is 0.626. The van der Waals surface area contributed by atoms with Gasteiger partial charge in [-0.1, -0.05) is 88.2 Å². The number of rotatable bonds is 2. The summed E-state index contributed by atoms with van der Waals surface area (Å²) in [6, 6.07) is 28.7. The third-order valence-electron chi connectivity index (χ3n) is 6.35. The van der Waals surface area contributed by atoms with E-state index in [-0.39, 0.29) is 30.2 Å². The predicted octanol–water partition coefficient (Wildman–Crippen LogP) is 3.93. The van der Waals surface area contributed by atoms with Gasteiger partial charge in [0.25, 0.3) is 0 Å². The summed E-state index contributed by atoms with van der Waals surface area (Å²) in [7, 11) is 0. The molecule has 0 amide bonds. The fourth-order valence-electron chi connectivity index (χ4n) is 4.40. The molecule has 0 aromatic heterocycles. The molecular formula is C33H38Cl2SiZr-2. The van der Waals surface area contributed by atoms with E-state index >= 15 is 0 Å². The fraction of sp³-hybridized carbons (Fsp3) is 0.273. The average molecular weight is 625 g/mol. The molecule has 0 nitrogen and oxygen atoms in total. The van der Waals surface area contributed by atoms with Gasteiger partial charge in [-0.25, -0.2) is 0 Å². The van der Waals surface area contributed by atoms with Crippen LogP contribution >= 0.6 is 0 Å². The Hall–Kier alpha value is -1.44. The third kappa shape index (κ3) is 8.79. The van der Waals surface area contributed by atoms with Gasteiger partial charge in [-0.3, -0.25) is 0 Å². The summed E-state index contributed by atoms with van der Waals surface area (Å²) in [6.45, 7) is 17.8. The summed E-state index contributed by atoms with van der Waals surface area (Å²) in [6.07, 6.45) is 0. The van der Waals surface area contributed by atoms with E-state index in [1.54, 1.807) is 23.3 Å². The Balaban J connectivity index is 0.000000313.